The highest BCUT2D eigenvalue weighted by atomic mass is 16.5. The minimum Gasteiger partial charge on any atom is -0.496 e. The van der Waals surface area contributed by atoms with Gasteiger partial charge < -0.3 is 4.74 Å². The predicted molar refractivity (Wildman–Crippen MR) is 79.1 cm³/mol. The van der Waals surface area contributed by atoms with Crippen LogP contribution in [0.5, 0.6) is 5.75 Å². The maximum atomic E-state index is 10.9. The summed E-state index contributed by atoms with van der Waals surface area (Å²) in [5.74, 6) is 0.707. The molecule has 0 bridgehead atoms. The summed E-state index contributed by atoms with van der Waals surface area (Å²) in [6.45, 7) is 0. The molecule has 0 unspecified atom stereocenters. The lowest BCUT2D eigenvalue weighted by atomic mass is 10.1. The van der Waals surface area contributed by atoms with Crippen LogP contribution in [0.2, 0.25) is 0 Å². The number of aromatic nitrogens is 1. The Labute approximate surface area is 116 Å². The topological polar surface area (TPSA) is 39.2 Å². The maximum absolute atomic E-state index is 10.9. The molecule has 1 heterocycles. The van der Waals surface area contributed by atoms with Crippen LogP contribution in [0.1, 0.15) is 10.4 Å². The van der Waals surface area contributed by atoms with Crippen molar-refractivity contribution in [1.29, 1.82) is 0 Å². The highest BCUT2D eigenvalue weighted by molar-refractivity contribution is 5.84. The van der Waals surface area contributed by atoms with Crippen LogP contribution >= 0.6 is 0 Å². The molecule has 1 aromatic heterocycles. The Bertz CT molecular complexity index is 781. The molecule has 3 heteroatoms. The van der Waals surface area contributed by atoms with Gasteiger partial charge in [-0.3, -0.25) is 4.79 Å². The van der Waals surface area contributed by atoms with Crippen molar-refractivity contribution < 1.29 is 9.53 Å². The zero-order valence-electron chi connectivity index (χ0n) is 11.0. The Morgan fingerprint density at radius 1 is 1.05 bits per heavy atom. The number of hydrogen-bond acceptors (Lipinski definition) is 3. The molecule has 0 spiro atoms. The van der Waals surface area contributed by atoms with Crippen LogP contribution in [0.25, 0.3) is 22.2 Å². The average molecular weight is 263 g/mol. The van der Waals surface area contributed by atoms with Crippen LogP contribution < -0.4 is 4.74 Å². The number of ether oxygens (including phenoxy) is 1. The second-order valence-electron chi connectivity index (χ2n) is 4.47. The third-order valence-corrected chi connectivity index (χ3v) is 3.23. The van der Waals surface area contributed by atoms with Crippen LogP contribution in [0, 0.1) is 0 Å². The highest BCUT2D eigenvalue weighted by Gasteiger charge is 2.09. The molecule has 0 saturated heterocycles. The molecule has 3 rings (SSSR count). The number of para-hydroxylation sites is 1. The van der Waals surface area contributed by atoms with E-state index in [-0.39, 0.29) is 0 Å². The van der Waals surface area contributed by atoms with Gasteiger partial charge in [-0.15, -0.1) is 0 Å². The van der Waals surface area contributed by atoms with Crippen molar-refractivity contribution in [1.82, 2.24) is 4.98 Å². The molecule has 0 saturated carbocycles. The number of benzene rings is 2. The van der Waals surface area contributed by atoms with Gasteiger partial charge in [0.2, 0.25) is 0 Å². The smallest absolute Gasteiger partial charge is 0.150 e. The Morgan fingerprint density at radius 3 is 2.70 bits per heavy atom. The molecule has 2 aromatic carbocycles. The van der Waals surface area contributed by atoms with Crippen LogP contribution in [-0.4, -0.2) is 18.4 Å². The number of hydrogen-bond donors (Lipinski definition) is 0. The first-order valence-corrected chi connectivity index (χ1v) is 6.31. The Balaban J connectivity index is 2.21. The maximum Gasteiger partial charge on any atom is 0.150 e. The van der Waals surface area contributed by atoms with E-state index < -0.39 is 0 Å². The van der Waals surface area contributed by atoms with Crippen molar-refractivity contribution in [2.75, 3.05) is 7.11 Å². The molecular weight excluding hydrogens is 250 g/mol. The van der Waals surface area contributed by atoms with Gasteiger partial charge in [0, 0.05) is 16.5 Å². The monoisotopic (exact) mass is 263 g/mol. The minimum absolute atomic E-state index is 0.607. The van der Waals surface area contributed by atoms with Gasteiger partial charge >= 0.3 is 0 Å². The summed E-state index contributed by atoms with van der Waals surface area (Å²) in [5, 5.41) is 1.08. The molecule has 0 aliphatic heterocycles. The molecular formula is C17H13NO2. The van der Waals surface area contributed by atoms with Crippen molar-refractivity contribution in [2.45, 2.75) is 0 Å². The average Bonchev–Trinajstić information content (AvgIpc) is 2.53. The van der Waals surface area contributed by atoms with Crippen molar-refractivity contribution in [3.8, 4) is 17.0 Å². The molecule has 3 nitrogen and oxygen atoms in total. The van der Waals surface area contributed by atoms with Gasteiger partial charge in [-0.25, -0.2) is 4.98 Å². The molecule has 0 N–H and O–H groups in total. The van der Waals surface area contributed by atoms with E-state index in [4.69, 9.17) is 4.74 Å². The van der Waals surface area contributed by atoms with Crippen molar-refractivity contribution in [2.24, 2.45) is 0 Å². The number of rotatable bonds is 3. The van der Waals surface area contributed by atoms with Crippen molar-refractivity contribution in [3.63, 3.8) is 0 Å². The number of carbonyl (C=O) groups is 1. The van der Waals surface area contributed by atoms with E-state index in [1.807, 2.05) is 36.4 Å². The van der Waals surface area contributed by atoms with E-state index in [9.17, 15) is 4.79 Å². The summed E-state index contributed by atoms with van der Waals surface area (Å²) in [6.07, 6.45) is 0.823. The molecule has 0 atom stereocenters. The van der Waals surface area contributed by atoms with Gasteiger partial charge in [-0.1, -0.05) is 24.3 Å². The van der Waals surface area contributed by atoms with Crippen LogP contribution in [0.3, 0.4) is 0 Å². The summed E-state index contributed by atoms with van der Waals surface area (Å²) in [5.41, 5.74) is 3.14. The van der Waals surface area contributed by atoms with E-state index in [2.05, 4.69) is 4.98 Å². The zero-order chi connectivity index (χ0) is 13.9. The second-order valence-corrected chi connectivity index (χ2v) is 4.47. The van der Waals surface area contributed by atoms with Gasteiger partial charge in [0.15, 0.2) is 0 Å². The summed E-state index contributed by atoms with van der Waals surface area (Å²) in [4.78, 5) is 15.6. The largest absolute Gasteiger partial charge is 0.496 e. The van der Waals surface area contributed by atoms with E-state index in [0.29, 0.717) is 11.3 Å². The number of nitrogens with zero attached hydrogens (tertiary/aromatic N) is 1. The molecule has 98 valence electrons. The van der Waals surface area contributed by atoms with E-state index in [0.717, 1.165) is 28.4 Å². The van der Waals surface area contributed by atoms with E-state index in [1.165, 1.54) is 0 Å². The fraction of sp³-hybridized carbons (Fsp3) is 0.0588. The minimum atomic E-state index is 0.607. The molecule has 3 aromatic rings. The highest BCUT2D eigenvalue weighted by Crippen LogP contribution is 2.30. The van der Waals surface area contributed by atoms with Crippen molar-refractivity contribution in [3.05, 3.63) is 60.2 Å². The predicted octanol–water partition coefficient (Wildman–Crippen LogP) is 3.72. The number of carbonyl (C=O) groups excluding carboxylic acids is 1. The van der Waals surface area contributed by atoms with E-state index >= 15 is 0 Å². The number of aldehydes is 1. The fourth-order valence-electron chi connectivity index (χ4n) is 2.22. The summed E-state index contributed by atoms with van der Waals surface area (Å²) < 4.78 is 5.36. The van der Waals surface area contributed by atoms with Crippen LogP contribution in [-0.2, 0) is 0 Å². The lowest BCUT2D eigenvalue weighted by Crippen LogP contribution is -1.92. The van der Waals surface area contributed by atoms with Gasteiger partial charge in [0.1, 0.15) is 12.0 Å². The number of methoxy groups -OCH3 is 1. The van der Waals surface area contributed by atoms with E-state index in [1.54, 1.807) is 25.3 Å². The zero-order valence-corrected chi connectivity index (χ0v) is 11.0. The number of fused-ring (bicyclic) bond motifs is 1. The van der Waals surface area contributed by atoms with Crippen LogP contribution in [0.4, 0.5) is 0 Å². The molecule has 0 aliphatic carbocycles. The van der Waals surface area contributed by atoms with Crippen LogP contribution in [0.15, 0.2) is 54.6 Å². The SMILES string of the molecule is COc1ccc(C=O)cc1-c1ccc2ccccc2n1. The summed E-state index contributed by atoms with van der Waals surface area (Å²) in [6, 6.07) is 17.2. The number of pyridine rings is 1. The Kier molecular flexibility index (Phi) is 3.17. The quantitative estimate of drug-likeness (QED) is 0.676. The van der Waals surface area contributed by atoms with Gasteiger partial charge in [-0.2, -0.15) is 0 Å². The third kappa shape index (κ3) is 2.14. The van der Waals surface area contributed by atoms with Crippen molar-refractivity contribution >= 4 is 17.2 Å². The lowest BCUT2D eigenvalue weighted by molar-refractivity contribution is 0.112. The van der Waals surface area contributed by atoms with Gasteiger partial charge in [0.05, 0.1) is 18.3 Å². The molecule has 0 radical (unpaired) electrons. The fourth-order valence-corrected chi connectivity index (χ4v) is 2.22. The van der Waals surface area contributed by atoms with Gasteiger partial charge in [0.25, 0.3) is 0 Å². The molecule has 20 heavy (non-hydrogen) atoms. The Hall–Kier alpha value is -2.68. The first kappa shape index (κ1) is 12.4. The first-order chi connectivity index (χ1) is 9.81. The third-order valence-electron chi connectivity index (χ3n) is 3.23. The lowest BCUT2D eigenvalue weighted by Gasteiger charge is -2.09. The normalized spacial score (nSPS) is 10.4. The first-order valence-electron chi connectivity index (χ1n) is 6.31. The van der Waals surface area contributed by atoms with Gasteiger partial charge in [-0.05, 0) is 30.3 Å². The second kappa shape index (κ2) is 5.13. The molecule has 0 aliphatic rings. The molecule has 0 fully saturated rings. The Morgan fingerprint density at radius 2 is 1.90 bits per heavy atom. The standard InChI is InChI=1S/C17H13NO2/c1-20-17-9-6-12(11-19)10-14(17)16-8-7-13-4-2-3-5-15(13)18-16/h2-11H,1H3. The summed E-state index contributed by atoms with van der Waals surface area (Å²) >= 11 is 0. The summed E-state index contributed by atoms with van der Waals surface area (Å²) in [7, 11) is 1.61. The molecule has 0 amide bonds.